The summed E-state index contributed by atoms with van der Waals surface area (Å²) >= 11 is 0. The molecule has 12 heteroatoms. The van der Waals surface area contributed by atoms with Gasteiger partial charge in [0.2, 0.25) is 10.0 Å². The SMILES string of the molecule is C#C[C@@H](C(=O)OC(C)(C)C)N(CC1CCCN1)S(=O)(=O)c1ccc2[nH]c(=O)c3[nH]cc(C(=O)O)c3c2c1. The Morgan fingerprint density at radius 1 is 1.32 bits per heavy atom. The van der Waals surface area contributed by atoms with Crippen LogP contribution in [-0.4, -0.2) is 70.5 Å². The number of carboxylic acid groups (broad SMARTS) is 1. The van der Waals surface area contributed by atoms with Crippen LogP contribution < -0.4 is 10.9 Å². The summed E-state index contributed by atoms with van der Waals surface area (Å²) in [6, 6.07) is 2.19. The van der Waals surface area contributed by atoms with Crippen molar-refractivity contribution in [3.63, 3.8) is 0 Å². The van der Waals surface area contributed by atoms with Crippen LogP contribution in [0.2, 0.25) is 0 Å². The van der Waals surface area contributed by atoms with Crippen molar-refractivity contribution in [2.45, 2.75) is 56.2 Å². The maximum Gasteiger partial charge on any atom is 0.337 e. The van der Waals surface area contributed by atoms with Gasteiger partial charge >= 0.3 is 11.9 Å². The number of rotatable bonds is 7. The molecule has 2 aromatic heterocycles. The van der Waals surface area contributed by atoms with E-state index in [2.05, 4.69) is 21.2 Å². The van der Waals surface area contributed by atoms with E-state index >= 15 is 0 Å². The lowest BCUT2D eigenvalue weighted by molar-refractivity contribution is -0.157. The van der Waals surface area contributed by atoms with Gasteiger partial charge in [-0.1, -0.05) is 5.92 Å². The van der Waals surface area contributed by atoms with Crippen LogP contribution in [0.15, 0.2) is 34.1 Å². The van der Waals surface area contributed by atoms with Gasteiger partial charge in [0.1, 0.15) is 11.1 Å². The Labute approximate surface area is 213 Å². The van der Waals surface area contributed by atoms with E-state index in [0.29, 0.717) is 13.0 Å². The minimum atomic E-state index is -4.39. The number of nitrogens with zero attached hydrogens (tertiary/aromatic N) is 1. The summed E-state index contributed by atoms with van der Waals surface area (Å²) in [5, 5.41) is 13.1. The van der Waals surface area contributed by atoms with E-state index in [1.165, 1.54) is 24.4 Å². The predicted molar refractivity (Wildman–Crippen MR) is 137 cm³/mol. The monoisotopic (exact) mass is 528 g/mol. The molecule has 1 unspecified atom stereocenters. The van der Waals surface area contributed by atoms with E-state index < -0.39 is 39.2 Å². The highest BCUT2D eigenvalue weighted by atomic mass is 32.2. The minimum absolute atomic E-state index is 0.00159. The third kappa shape index (κ3) is 5.11. The van der Waals surface area contributed by atoms with E-state index in [0.717, 1.165) is 10.7 Å². The standard InChI is InChI=1S/C25H28N4O7S/c1-5-19(24(33)36-25(2,3)4)29(13-14-7-6-10-26-14)37(34,35)15-8-9-18-16(11-15)20-17(23(31)32)12-27-21(20)22(30)28-18/h1,8-9,11-12,14,19,26-27H,6-7,10,13H2,2-4H3,(H,28,30)(H,31,32)/t14?,19-/m0/s1. The highest BCUT2D eigenvalue weighted by Crippen LogP contribution is 2.29. The molecule has 196 valence electrons. The zero-order chi connectivity index (χ0) is 27.1. The molecule has 1 saturated heterocycles. The summed E-state index contributed by atoms with van der Waals surface area (Å²) in [4.78, 5) is 42.3. The number of nitrogens with one attached hydrogen (secondary N) is 3. The summed E-state index contributed by atoms with van der Waals surface area (Å²) in [7, 11) is -4.39. The van der Waals surface area contributed by atoms with Gasteiger partial charge in [-0.3, -0.25) is 4.79 Å². The Morgan fingerprint density at radius 2 is 2.05 bits per heavy atom. The molecule has 2 atom stereocenters. The van der Waals surface area contributed by atoms with Gasteiger partial charge in [0.05, 0.1) is 10.5 Å². The summed E-state index contributed by atoms with van der Waals surface area (Å²) in [6.07, 6.45) is 8.40. The van der Waals surface area contributed by atoms with E-state index in [-0.39, 0.29) is 44.9 Å². The molecular formula is C25H28N4O7S. The average Bonchev–Trinajstić information content (AvgIpc) is 3.48. The van der Waals surface area contributed by atoms with Gasteiger partial charge in [-0.05, 0) is 58.4 Å². The molecule has 37 heavy (non-hydrogen) atoms. The van der Waals surface area contributed by atoms with E-state index in [1.54, 1.807) is 20.8 Å². The van der Waals surface area contributed by atoms with Gasteiger partial charge < -0.3 is 25.1 Å². The fourth-order valence-electron chi connectivity index (χ4n) is 4.47. The fourth-order valence-corrected chi connectivity index (χ4v) is 6.05. The Bertz CT molecular complexity index is 1590. The number of carbonyl (C=O) groups is 2. The molecule has 1 aliphatic heterocycles. The Balaban J connectivity index is 1.88. The maximum absolute atomic E-state index is 14.0. The van der Waals surface area contributed by atoms with Gasteiger partial charge in [0.25, 0.3) is 5.56 Å². The van der Waals surface area contributed by atoms with Crippen molar-refractivity contribution < 1.29 is 27.9 Å². The molecule has 1 aliphatic rings. The molecule has 3 heterocycles. The molecule has 0 aliphatic carbocycles. The number of aromatic carboxylic acids is 1. The molecule has 0 spiro atoms. The highest BCUT2D eigenvalue weighted by Gasteiger charge is 2.39. The van der Waals surface area contributed by atoms with Crippen LogP contribution in [0.4, 0.5) is 0 Å². The maximum atomic E-state index is 14.0. The van der Waals surface area contributed by atoms with Gasteiger partial charge in [-0.25, -0.2) is 18.0 Å². The zero-order valence-electron chi connectivity index (χ0n) is 20.6. The Kier molecular flexibility index (Phi) is 6.89. The molecule has 4 rings (SSSR count). The Hall–Kier alpha value is -3.66. The number of aromatic amines is 2. The molecule has 11 nitrogen and oxygen atoms in total. The number of hydrogen-bond acceptors (Lipinski definition) is 7. The third-order valence-corrected chi connectivity index (χ3v) is 7.92. The van der Waals surface area contributed by atoms with Crippen molar-refractivity contribution in [2.24, 2.45) is 0 Å². The van der Waals surface area contributed by atoms with Gasteiger partial charge in [0.15, 0.2) is 6.04 Å². The summed E-state index contributed by atoms with van der Waals surface area (Å²) in [5.41, 5.74) is -1.36. The van der Waals surface area contributed by atoms with E-state index in [1.807, 2.05) is 0 Å². The lowest BCUT2D eigenvalue weighted by Gasteiger charge is -2.30. The Morgan fingerprint density at radius 3 is 2.65 bits per heavy atom. The number of esters is 1. The summed E-state index contributed by atoms with van der Waals surface area (Å²) in [5.74, 6) is 0.130. The zero-order valence-corrected chi connectivity index (χ0v) is 21.4. The second kappa shape index (κ2) is 9.66. The van der Waals surface area contributed by atoms with Gasteiger partial charge in [-0.15, -0.1) is 6.42 Å². The quantitative estimate of drug-likeness (QED) is 0.267. The normalized spacial score (nSPS) is 17.2. The summed E-state index contributed by atoms with van der Waals surface area (Å²) < 4.78 is 34.4. The molecular weight excluding hydrogens is 500 g/mol. The van der Waals surface area contributed by atoms with Crippen LogP contribution >= 0.6 is 0 Å². The van der Waals surface area contributed by atoms with E-state index in [4.69, 9.17) is 11.2 Å². The lowest BCUT2D eigenvalue weighted by atomic mass is 10.1. The number of benzene rings is 1. The number of ether oxygens (including phenoxy) is 1. The highest BCUT2D eigenvalue weighted by molar-refractivity contribution is 7.89. The first-order valence-corrected chi connectivity index (χ1v) is 13.1. The smallest absolute Gasteiger partial charge is 0.337 e. The number of H-pyrrole nitrogens is 2. The number of hydrogen-bond donors (Lipinski definition) is 4. The van der Waals surface area contributed by atoms with Crippen molar-refractivity contribution in [3.05, 3.63) is 40.3 Å². The third-order valence-electron chi connectivity index (χ3n) is 6.09. The number of terminal acetylenes is 1. The second-order valence-corrected chi connectivity index (χ2v) is 11.8. The van der Waals surface area contributed by atoms with E-state index in [9.17, 15) is 27.9 Å². The number of carbonyl (C=O) groups excluding carboxylic acids is 1. The van der Waals surface area contributed by atoms with Crippen molar-refractivity contribution in [2.75, 3.05) is 13.1 Å². The van der Waals surface area contributed by atoms with Gasteiger partial charge in [-0.2, -0.15) is 4.31 Å². The fraction of sp³-hybridized carbons (Fsp3) is 0.400. The van der Waals surface area contributed by atoms with Crippen molar-refractivity contribution >= 4 is 43.8 Å². The van der Waals surface area contributed by atoms with Crippen LogP contribution in [-0.2, 0) is 19.6 Å². The first-order chi connectivity index (χ1) is 17.3. The largest absolute Gasteiger partial charge is 0.478 e. The number of sulfonamides is 1. The topological polar surface area (TPSA) is 162 Å². The first kappa shape index (κ1) is 26.4. The van der Waals surface area contributed by atoms with Crippen molar-refractivity contribution in [3.8, 4) is 12.3 Å². The average molecular weight is 529 g/mol. The van der Waals surface area contributed by atoms with Gasteiger partial charge in [0, 0.05) is 35.1 Å². The molecule has 3 aromatic rings. The number of pyridine rings is 1. The van der Waals surface area contributed by atoms with Crippen LogP contribution in [0.3, 0.4) is 0 Å². The molecule has 4 N–H and O–H groups in total. The van der Waals surface area contributed by atoms with Crippen LogP contribution in [0.5, 0.6) is 0 Å². The second-order valence-electron chi connectivity index (χ2n) is 9.89. The minimum Gasteiger partial charge on any atom is -0.478 e. The summed E-state index contributed by atoms with van der Waals surface area (Å²) in [6.45, 7) is 5.60. The number of fused-ring (bicyclic) bond motifs is 3. The molecule has 0 radical (unpaired) electrons. The molecule has 1 fully saturated rings. The van der Waals surface area contributed by atoms with Crippen LogP contribution in [0.25, 0.3) is 21.8 Å². The number of carboxylic acids is 1. The molecule has 0 amide bonds. The first-order valence-electron chi connectivity index (χ1n) is 11.7. The number of aromatic nitrogens is 2. The van der Waals surface area contributed by atoms with Crippen molar-refractivity contribution in [1.82, 2.24) is 19.6 Å². The van der Waals surface area contributed by atoms with Crippen LogP contribution in [0.1, 0.15) is 44.0 Å². The van der Waals surface area contributed by atoms with Crippen LogP contribution in [0, 0.1) is 12.3 Å². The lowest BCUT2D eigenvalue weighted by Crippen LogP contribution is -2.50. The molecule has 0 bridgehead atoms. The van der Waals surface area contributed by atoms with Crippen molar-refractivity contribution in [1.29, 1.82) is 0 Å². The predicted octanol–water partition coefficient (Wildman–Crippen LogP) is 1.79. The molecule has 0 saturated carbocycles. The molecule has 1 aromatic carbocycles.